The first-order valence-corrected chi connectivity index (χ1v) is 10.0. The number of hydrogen-bond acceptors (Lipinski definition) is 5. The molecule has 0 saturated carbocycles. The fourth-order valence-corrected chi connectivity index (χ4v) is 4.39. The topological polar surface area (TPSA) is 93.5 Å². The van der Waals surface area contributed by atoms with E-state index in [2.05, 4.69) is 9.71 Å². The molecule has 1 spiro atoms. The summed E-state index contributed by atoms with van der Waals surface area (Å²) in [5.41, 5.74) is 0.122. The van der Waals surface area contributed by atoms with E-state index in [0.717, 1.165) is 0 Å². The van der Waals surface area contributed by atoms with Crippen LogP contribution in [0.3, 0.4) is 0 Å². The molecule has 2 saturated heterocycles. The number of likely N-dealkylation sites (tertiary alicyclic amines) is 1. The number of carbonyl (C=O) groups is 1. The van der Waals surface area contributed by atoms with E-state index < -0.39 is 10.0 Å². The fraction of sp³-hybridized carbons (Fsp3) is 0.733. The summed E-state index contributed by atoms with van der Waals surface area (Å²) in [6, 6.07) is -0.0909. The van der Waals surface area contributed by atoms with Crippen molar-refractivity contribution in [1.29, 1.82) is 0 Å². The summed E-state index contributed by atoms with van der Waals surface area (Å²) in [6.07, 6.45) is 7.29. The number of imidazole rings is 1. The van der Waals surface area contributed by atoms with E-state index in [-0.39, 0.29) is 17.6 Å². The van der Waals surface area contributed by atoms with Crippen LogP contribution < -0.4 is 4.72 Å². The highest BCUT2D eigenvalue weighted by Crippen LogP contribution is 2.35. The van der Waals surface area contributed by atoms with Crippen LogP contribution in [0.5, 0.6) is 0 Å². The Morgan fingerprint density at radius 2 is 2.12 bits per heavy atom. The molecule has 3 heterocycles. The van der Waals surface area contributed by atoms with Gasteiger partial charge in [-0.15, -0.1) is 0 Å². The molecule has 1 aromatic rings. The monoisotopic (exact) mass is 356 g/mol. The number of aryl methyl sites for hydroxylation is 1. The molecule has 0 aliphatic carbocycles. The molecule has 0 bridgehead atoms. The summed E-state index contributed by atoms with van der Waals surface area (Å²) in [5.74, 6) is -0.0629. The van der Waals surface area contributed by atoms with E-state index in [0.29, 0.717) is 51.1 Å². The zero-order valence-corrected chi connectivity index (χ0v) is 14.9. The Hall–Kier alpha value is -1.45. The second-order valence-corrected chi connectivity index (χ2v) is 8.61. The summed E-state index contributed by atoms with van der Waals surface area (Å²) in [6.45, 7) is 1.74. The molecule has 1 N–H and O–H groups in total. The molecule has 1 atom stereocenters. The lowest BCUT2D eigenvalue weighted by Crippen LogP contribution is -2.54. The van der Waals surface area contributed by atoms with Crippen LogP contribution in [0, 0.1) is 0 Å². The Morgan fingerprint density at radius 3 is 2.71 bits per heavy atom. The van der Waals surface area contributed by atoms with Crippen LogP contribution in [0.2, 0.25) is 0 Å². The molecule has 24 heavy (non-hydrogen) atoms. The molecule has 2 aliphatic heterocycles. The van der Waals surface area contributed by atoms with E-state index in [1.165, 1.54) is 6.26 Å². The first-order chi connectivity index (χ1) is 11.3. The van der Waals surface area contributed by atoms with Crippen LogP contribution in [0.1, 0.15) is 36.2 Å². The minimum atomic E-state index is -3.22. The molecule has 1 amide bonds. The average molecular weight is 356 g/mol. The molecule has 3 rings (SSSR count). The van der Waals surface area contributed by atoms with Crippen molar-refractivity contribution in [3.63, 3.8) is 0 Å². The number of ether oxygens (including phenoxy) is 1. The zero-order valence-electron chi connectivity index (χ0n) is 14.1. The highest BCUT2D eigenvalue weighted by Gasteiger charge is 2.42. The normalized spacial score (nSPS) is 24.2. The van der Waals surface area contributed by atoms with Crippen LogP contribution >= 0.6 is 0 Å². The van der Waals surface area contributed by atoms with Crippen LogP contribution in [0.15, 0.2) is 12.5 Å². The van der Waals surface area contributed by atoms with Gasteiger partial charge in [-0.05, 0) is 25.7 Å². The minimum absolute atomic E-state index is 0.0629. The van der Waals surface area contributed by atoms with Crippen molar-refractivity contribution in [1.82, 2.24) is 19.2 Å². The molecule has 8 nitrogen and oxygen atoms in total. The predicted molar refractivity (Wildman–Crippen MR) is 88.0 cm³/mol. The number of rotatable bonds is 3. The van der Waals surface area contributed by atoms with Crippen molar-refractivity contribution in [2.45, 2.75) is 37.3 Å². The van der Waals surface area contributed by atoms with Crippen LogP contribution in [0.4, 0.5) is 0 Å². The minimum Gasteiger partial charge on any atom is -0.375 e. The number of hydrogen-bond donors (Lipinski definition) is 1. The smallest absolute Gasteiger partial charge is 0.274 e. The molecule has 134 valence electrons. The fourth-order valence-electron chi connectivity index (χ4n) is 3.58. The van der Waals surface area contributed by atoms with Crippen molar-refractivity contribution >= 4 is 15.9 Å². The van der Waals surface area contributed by atoms with Gasteiger partial charge in [0.1, 0.15) is 5.69 Å². The Balaban J connectivity index is 1.60. The zero-order chi connectivity index (χ0) is 17.4. The SMILES string of the molecule is Cn1cnc(C(=O)N2CCC3(CC2)C[C@@H](NS(C)(=O)=O)CCO3)c1. The van der Waals surface area contributed by atoms with Gasteiger partial charge in [-0.3, -0.25) is 4.79 Å². The maximum atomic E-state index is 12.5. The second kappa shape index (κ2) is 6.45. The van der Waals surface area contributed by atoms with Crippen LogP contribution in [0.25, 0.3) is 0 Å². The Morgan fingerprint density at radius 1 is 1.42 bits per heavy atom. The van der Waals surface area contributed by atoms with Crippen molar-refractivity contribution in [3.8, 4) is 0 Å². The van der Waals surface area contributed by atoms with Crippen LogP contribution in [-0.4, -0.2) is 66.4 Å². The Bertz CT molecular complexity index is 707. The highest BCUT2D eigenvalue weighted by molar-refractivity contribution is 7.88. The van der Waals surface area contributed by atoms with Crippen molar-refractivity contribution < 1.29 is 17.9 Å². The second-order valence-electron chi connectivity index (χ2n) is 6.83. The lowest BCUT2D eigenvalue weighted by molar-refractivity contribution is -0.113. The third kappa shape index (κ3) is 3.96. The summed E-state index contributed by atoms with van der Waals surface area (Å²) >= 11 is 0. The third-order valence-corrected chi connectivity index (χ3v) is 5.52. The Labute approximate surface area is 142 Å². The average Bonchev–Trinajstić information content (AvgIpc) is 2.92. The molecule has 0 aromatic carbocycles. The van der Waals surface area contributed by atoms with E-state index >= 15 is 0 Å². The van der Waals surface area contributed by atoms with E-state index in [4.69, 9.17) is 4.74 Å². The number of nitrogens with one attached hydrogen (secondary N) is 1. The number of nitrogens with zero attached hydrogens (tertiary/aromatic N) is 3. The summed E-state index contributed by atoms with van der Waals surface area (Å²) < 4.78 is 33.4. The standard InChI is InChI=1S/C15H24N4O4S/c1-18-10-13(16-11-18)14(20)19-6-4-15(5-7-19)9-12(3-8-23-15)17-24(2,21)22/h10-12,17H,3-9H2,1-2H3/t12-/m0/s1. The van der Waals surface area contributed by atoms with Gasteiger partial charge in [-0.25, -0.2) is 18.1 Å². The first kappa shape index (κ1) is 17.4. The number of amides is 1. The van der Waals surface area contributed by atoms with Crippen LogP contribution in [-0.2, 0) is 21.8 Å². The summed E-state index contributed by atoms with van der Waals surface area (Å²) in [7, 11) is -1.38. The van der Waals surface area contributed by atoms with Gasteiger partial charge in [-0.2, -0.15) is 0 Å². The molecule has 2 fully saturated rings. The molecule has 9 heteroatoms. The maximum Gasteiger partial charge on any atom is 0.274 e. The number of sulfonamides is 1. The summed E-state index contributed by atoms with van der Waals surface area (Å²) in [5, 5.41) is 0. The van der Waals surface area contributed by atoms with E-state index in [1.807, 2.05) is 7.05 Å². The number of carbonyl (C=O) groups excluding carboxylic acids is 1. The molecule has 0 unspecified atom stereocenters. The quantitative estimate of drug-likeness (QED) is 0.830. The number of aromatic nitrogens is 2. The molecule has 0 radical (unpaired) electrons. The maximum absolute atomic E-state index is 12.5. The molecular weight excluding hydrogens is 332 g/mol. The Kier molecular flexibility index (Phi) is 4.67. The van der Waals surface area contributed by atoms with Gasteiger partial charge >= 0.3 is 0 Å². The van der Waals surface area contributed by atoms with Gasteiger partial charge < -0.3 is 14.2 Å². The van der Waals surface area contributed by atoms with Crippen molar-refractivity contribution in [3.05, 3.63) is 18.2 Å². The van der Waals surface area contributed by atoms with E-state index in [1.54, 1.807) is 22.0 Å². The van der Waals surface area contributed by atoms with Crippen molar-refractivity contribution in [2.24, 2.45) is 7.05 Å². The van der Waals surface area contributed by atoms with Gasteiger partial charge in [0.15, 0.2) is 0 Å². The number of piperidine rings is 1. The van der Waals surface area contributed by atoms with Gasteiger partial charge in [0.25, 0.3) is 5.91 Å². The lowest BCUT2D eigenvalue weighted by atomic mass is 9.82. The predicted octanol–water partition coefficient (Wildman–Crippen LogP) is 0.123. The third-order valence-electron chi connectivity index (χ3n) is 4.76. The molecular formula is C15H24N4O4S. The first-order valence-electron chi connectivity index (χ1n) is 8.15. The van der Waals surface area contributed by atoms with Gasteiger partial charge in [0.05, 0.1) is 18.2 Å². The van der Waals surface area contributed by atoms with Gasteiger partial charge in [0.2, 0.25) is 10.0 Å². The molecule has 2 aliphatic rings. The summed E-state index contributed by atoms with van der Waals surface area (Å²) in [4.78, 5) is 18.4. The molecule has 1 aromatic heterocycles. The van der Waals surface area contributed by atoms with E-state index in [9.17, 15) is 13.2 Å². The van der Waals surface area contributed by atoms with Gasteiger partial charge in [0, 0.05) is 39.0 Å². The lowest BCUT2D eigenvalue weighted by Gasteiger charge is -2.46. The largest absolute Gasteiger partial charge is 0.375 e. The van der Waals surface area contributed by atoms with Crippen molar-refractivity contribution in [2.75, 3.05) is 26.0 Å². The van der Waals surface area contributed by atoms with Gasteiger partial charge in [-0.1, -0.05) is 0 Å². The highest BCUT2D eigenvalue weighted by atomic mass is 32.2.